The molecule has 0 amide bonds. The molecule has 0 bridgehead atoms. The minimum absolute atomic E-state index is 0.280. The van der Waals surface area contributed by atoms with Crippen molar-refractivity contribution in [3.63, 3.8) is 0 Å². The summed E-state index contributed by atoms with van der Waals surface area (Å²) in [5.74, 6) is -0.983. The predicted octanol–water partition coefficient (Wildman–Crippen LogP) is 3.41. The molecule has 1 aromatic carbocycles. The summed E-state index contributed by atoms with van der Waals surface area (Å²) in [6.07, 6.45) is -1.23. The number of hydrogen-bond donors (Lipinski definition) is 0. The van der Waals surface area contributed by atoms with E-state index in [0.29, 0.717) is 0 Å². The van der Waals surface area contributed by atoms with Crippen molar-refractivity contribution < 1.29 is 17.3 Å². The van der Waals surface area contributed by atoms with E-state index in [1.54, 1.807) is 0 Å². The Balaban J connectivity index is 2.96. The van der Waals surface area contributed by atoms with Crippen molar-refractivity contribution in [2.24, 2.45) is 0 Å². The second-order valence-electron chi connectivity index (χ2n) is 2.63. The van der Waals surface area contributed by atoms with Crippen LogP contribution in [0, 0.1) is 5.82 Å². The van der Waals surface area contributed by atoms with E-state index in [9.17, 15) is 17.3 Å². The molecule has 0 heterocycles. The third-order valence-corrected chi connectivity index (χ3v) is 1.77. The minimum Gasteiger partial charge on any atom is -0.449 e. The maximum Gasteiger partial charge on any atom is 0.482 e. The van der Waals surface area contributed by atoms with Gasteiger partial charge in [0, 0.05) is 0 Å². The lowest BCUT2D eigenvalue weighted by atomic mass is 9.82. The van der Waals surface area contributed by atoms with Crippen molar-refractivity contribution in [3.8, 4) is 0 Å². The molecule has 72 valence electrons. The molecule has 0 aliphatic carbocycles. The molecular formula is C7H5BClF4-. The van der Waals surface area contributed by atoms with Crippen LogP contribution in [0.4, 0.5) is 17.3 Å². The molecule has 0 unspecified atom stereocenters. The molecule has 0 aromatic heterocycles. The molecule has 0 radical (unpaired) electrons. The fourth-order valence-corrected chi connectivity index (χ4v) is 1.15. The molecule has 0 aliphatic heterocycles. The molecule has 6 heteroatoms. The van der Waals surface area contributed by atoms with Crippen molar-refractivity contribution >= 4 is 18.6 Å². The Kier molecular flexibility index (Phi) is 2.85. The quantitative estimate of drug-likeness (QED) is 0.519. The minimum atomic E-state index is -5.01. The van der Waals surface area contributed by atoms with Gasteiger partial charge in [0.05, 0.1) is 5.02 Å². The first-order chi connectivity index (χ1) is 5.90. The fourth-order valence-electron chi connectivity index (χ4n) is 0.955. The van der Waals surface area contributed by atoms with Crippen LogP contribution in [-0.2, 0) is 6.32 Å². The summed E-state index contributed by atoms with van der Waals surface area (Å²) in [5.41, 5.74) is -0.403. The third kappa shape index (κ3) is 2.92. The predicted molar refractivity (Wildman–Crippen MR) is 44.2 cm³/mol. The number of halogens is 5. The van der Waals surface area contributed by atoms with Gasteiger partial charge in [-0.1, -0.05) is 30.1 Å². The Morgan fingerprint density at radius 2 is 1.85 bits per heavy atom. The number of hydrogen-bond acceptors (Lipinski definition) is 0. The Morgan fingerprint density at radius 1 is 1.23 bits per heavy atom. The van der Waals surface area contributed by atoms with E-state index in [1.165, 1.54) is 12.1 Å². The highest BCUT2D eigenvalue weighted by atomic mass is 35.5. The summed E-state index contributed by atoms with van der Waals surface area (Å²) in [6.45, 7) is -5.01. The van der Waals surface area contributed by atoms with Crippen LogP contribution < -0.4 is 0 Å². The zero-order chi connectivity index (χ0) is 10.1. The van der Waals surface area contributed by atoms with Gasteiger partial charge in [0.15, 0.2) is 0 Å². The largest absolute Gasteiger partial charge is 0.482 e. The monoisotopic (exact) mass is 211 g/mol. The van der Waals surface area contributed by atoms with Crippen molar-refractivity contribution in [1.82, 2.24) is 0 Å². The van der Waals surface area contributed by atoms with Crippen LogP contribution in [-0.4, -0.2) is 6.98 Å². The summed E-state index contributed by atoms with van der Waals surface area (Å²) < 4.78 is 48.6. The van der Waals surface area contributed by atoms with Gasteiger partial charge in [-0.2, -0.15) is 0 Å². The Hall–Kier alpha value is -0.705. The average molecular weight is 211 g/mol. The summed E-state index contributed by atoms with van der Waals surface area (Å²) in [6, 6.07) is 3.59. The molecule has 0 aliphatic rings. The van der Waals surface area contributed by atoms with E-state index in [-0.39, 0.29) is 5.02 Å². The molecule has 0 fully saturated rings. The SMILES string of the molecule is Fc1c(Cl)cccc1C[B-](F)(F)F. The van der Waals surface area contributed by atoms with Gasteiger partial charge in [-0.25, -0.2) is 4.39 Å². The van der Waals surface area contributed by atoms with Gasteiger partial charge in [0.25, 0.3) is 0 Å². The highest BCUT2D eigenvalue weighted by Gasteiger charge is 2.25. The number of benzene rings is 1. The lowest BCUT2D eigenvalue weighted by Crippen LogP contribution is -2.20. The van der Waals surface area contributed by atoms with E-state index in [4.69, 9.17) is 11.6 Å². The molecule has 0 N–H and O–H groups in total. The normalized spacial score (nSPS) is 11.8. The standard InChI is InChI=1S/C7H5BClF4/c9-6-3-1-2-5(7(6)10)4-8(11,12)13/h1-3H,4H2/q-1. The van der Waals surface area contributed by atoms with Gasteiger partial charge in [0.2, 0.25) is 0 Å². The van der Waals surface area contributed by atoms with Crippen molar-refractivity contribution in [2.75, 3.05) is 0 Å². The summed E-state index contributed by atoms with van der Waals surface area (Å²) >= 11 is 5.31. The summed E-state index contributed by atoms with van der Waals surface area (Å²) in [5, 5.41) is -0.280. The number of rotatable bonds is 2. The molecule has 0 saturated heterocycles. The van der Waals surface area contributed by atoms with Gasteiger partial charge in [-0.3, -0.25) is 0 Å². The fraction of sp³-hybridized carbons (Fsp3) is 0.143. The molecule has 0 nitrogen and oxygen atoms in total. The lowest BCUT2D eigenvalue weighted by molar-refractivity contribution is 0.464. The third-order valence-electron chi connectivity index (χ3n) is 1.48. The molecular weight excluding hydrogens is 206 g/mol. The van der Waals surface area contributed by atoms with E-state index >= 15 is 0 Å². The van der Waals surface area contributed by atoms with Crippen LogP contribution >= 0.6 is 11.6 Å². The zero-order valence-corrected chi connectivity index (χ0v) is 7.16. The van der Waals surface area contributed by atoms with Gasteiger partial charge < -0.3 is 12.9 Å². The molecule has 1 rings (SSSR count). The van der Waals surface area contributed by atoms with Gasteiger partial charge >= 0.3 is 6.98 Å². The van der Waals surface area contributed by atoms with Crippen molar-refractivity contribution in [3.05, 3.63) is 34.6 Å². The van der Waals surface area contributed by atoms with E-state index < -0.39 is 24.7 Å². The van der Waals surface area contributed by atoms with E-state index in [2.05, 4.69) is 0 Å². The lowest BCUT2D eigenvalue weighted by Gasteiger charge is -2.14. The van der Waals surface area contributed by atoms with Crippen LogP contribution in [0.3, 0.4) is 0 Å². The maximum atomic E-state index is 12.9. The molecule has 13 heavy (non-hydrogen) atoms. The first-order valence-electron chi connectivity index (χ1n) is 3.54. The van der Waals surface area contributed by atoms with Crippen LogP contribution in [0.5, 0.6) is 0 Å². The average Bonchev–Trinajstić information content (AvgIpc) is 1.96. The Bertz CT molecular complexity index is 310. The van der Waals surface area contributed by atoms with E-state index in [1.807, 2.05) is 0 Å². The Morgan fingerprint density at radius 3 is 2.38 bits per heavy atom. The van der Waals surface area contributed by atoms with Crippen LogP contribution in [0.15, 0.2) is 18.2 Å². The van der Waals surface area contributed by atoms with Crippen LogP contribution in [0.2, 0.25) is 5.02 Å². The second kappa shape index (κ2) is 3.58. The van der Waals surface area contributed by atoms with Gasteiger partial charge in [-0.05, 0) is 11.6 Å². The summed E-state index contributed by atoms with van der Waals surface area (Å²) in [4.78, 5) is 0. The maximum absolute atomic E-state index is 12.9. The topological polar surface area (TPSA) is 0 Å². The van der Waals surface area contributed by atoms with Gasteiger partial charge in [-0.15, -0.1) is 0 Å². The van der Waals surface area contributed by atoms with Crippen LogP contribution in [0.1, 0.15) is 5.56 Å². The molecule has 1 aromatic rings. The molecule has 0 atom stereocenters. The van der Waals surface area contributed by atoms with Crippen molar-refractivity contribution in [1.29, 1.82) is 0 Å². The zero-order valence-electron chi connectivity index (χ0n) is 6.41. The smallest absolute Gasteiger partial charge is 0.449 e. The highest BCUT2D eigenvalue weighted by Crippen LogP contribution is 2.22. The van der Waals surface area contributed by atoms with Crippen molar-refractivity contribution in [2.45, 2.75) is 6.32 Å². The summed E-state index contributed by atoms with van der Waals surface area (Å²) in [7, 11) is 0. The first kappa shape index (κ1) is 10.4. The molecule has 0 saturated carbocycles. The van der Waals surface area contributed by atoms with E-state index in [0.717, 1.165) is 6.07 Å². The van der Waals surface area contributed by atoms with Crippen LogP contribution in [0.25, 0.3) is 0 Å². The second-order valence-corrected chi connectivity index (χ2v) is 3.03. The van der Waals surface area contributed by atoms with Gasteiger partial charge in [0.1, 0.15) is 5.82 Å². The highest BCUT2D eigenvalue weighted by molar-refractivity contribution is 6.57. The Labute approximate surface area is 77.6 Å². The molecule has 0 spiro atoms. The first-order valence-corrected chi connectivity index (χ1v) is 3.92.